The average molecular weight is 332 g/mol. The molecule has 1 aromatic carbocycles. The van der Waals surface area contributed by atoms with Gasteiger partial charge in [0.1, 0.15) is 4.88 Å². The number of ether oxygens (including phenoxy) is 1. The number of nitrogens with zero attached hydrogens (tertiary/aromatic N) is 1. The van der Waals surface area contributed by atoms with E-state index in [9.17, 15) is 9.59 Å². The fraction of sp³-hybridized carbons (Fsp3) is 0.353. The highest BCUT2D eigenvalue weighted by Gasteiger charge is 2.18. The van der Waals surface area contributed by atoms with Gasteiger partial charge in [0.05, 0.1) is 12.3 Å². The molecule has 0 saturated heterocycles. The minimum Gasteiger partial charge on any atom is -0.461 e. The van der Waals surface area contributed by atoms with E-state index in [1.54, 1.807) is 19.1 Å². The summed E-state index contributed by atoms with van der Waals surface area (Å²) < 4.78 is 5.21. The molecule has 2 rings (SSSR count). The molecule has 0 aliphatic carbocycles. The van der Waals surface area contributed by atoms with Crippen molar-refractivity contribution >= 4 is 28.3 Å². The third-order valence-corrected chi connectivity index (χ3v) is 4.08. The summed E-state index contributed by atoms with van der Waals surface area (Å²) in [4.78, 5) is 28.9. The second-order valence-corrected chi connectivity index (χ2v) is 6.75. The van der Waals surface area contributed by atoms with Crippen LogP contribution in [0.3, 0.4) is 0 Å². The molecule has 1 heterocycles. The van der Waals surface area contributed by atoms with Gasteiger partial charge in [0, 0.05) is 5.56 Å². The molecule has 0 unspecified atom stereocenters. The molecule has 5 nitrogen and oxygen atoms in total. The SMILES string of the molecule is Cc1cccc(C(=O)Nc2nc(C)c(C(=O)OCC(C)C)s2)c1. The van der Waals surface area contributed by atoms with Crippen molar-refractivity contribution in [1.82, 2.24) is 4.98 Å². The smallest absolute Gasteiger partial charge is 0.350 e. The van der Waals surface area contributed by atoms with Crippen molar-refractivity contribution in [2.45, 2.75) is 27.7 Å². The Bertz CT molecular complexity index is 722. The standard InChI is InChI=1S/C17H20N2O3S/c1-10(2)9-22-16(21)14-12(4)18-17(23-14)19-15(20)13-7-5-6-11(3)8-13/h5-8,10H,9H2,1-4H3,(H,18,19,20). The second-order valence-electron chi connectivity index (χ2n) is 5.75. The molecule has 0 saturated carbocycles. The number of benzene rings is 1. The van der Waals surface area contributed by atoms with E-state index in [4.69, 9.17) is 4.74 Å². The van der Waals surface area contributed by atoms with E-state index < -0.39 is 5.97 Å². The first kappa shape index (κ1) is 17.1. The van der Waals surface area contributed by atoms with Crippen molar-refractivity contribution in [3.05, 3.63) is 46.0 Å². The van der Waals surface area contributed by atoms with Gasteiger partial charge < -0.3 is 4.74 Å². The number of anilines is 1. The molecule has 0 radical (unpaired) electrons. The minimum absolute atomic E-state index is 0.246. The first-order valence-electron chi connectivity index (χ1n) is 7.39. The zero-order valence-corrected chi connectivity index (χ0v) is 14.5. The highest BCUT2D eigenvalue weighted by Crippen LogP contribution is 2.24. The molecule has 0 atom stereocenters. The summed E-state index contributed by atoms with van der Waals surface area (Å²) in [6.07, 6.45) is 0. The lowest BCUT2D eigenvalue weighted by atomic mass is 10.1. The van der Waals surface area contributed by atoms with E-state index in [0.717, 1.165) is 16.9 Å². The monoisotopic (exact) mass is 332 g/mol. The summed E-state index contributed by atoms with van der Waals surface area (Å²) in [5.74, 6) is -0.373. The lowest BCUT2D eigenvalue weighted by molar-refractivity contribution is 0.0463. The third-order valence-electron chi connectivity index (χ3n) is 3.03. The van der Waals surface area contributed by atoms with Gasteiger partial charge >= 0.3 is 5.97 Å². The van der Waals surface area contributed by atoms with Crippen molar-refractivity contribution in [3.63, 3.8) is 0 Å². The molecule has 0 aliphatic rings. The van der Waals surface area contributed by atoms with Crippen LogP contribution in [0.15, 0.2) is 24.3 Å². The minimum atomic E-state index is -0.398. The van der Waals surface area contributed by atoms with Crippen LogP contribution in [0, 0.1) is 19.8 Å². The van der Waals surface area contributed by atoms with E-state index in [1.165, 1.54) is 0 Å². The number of aryl methyl sites for hydroxylation is 2. The van der Waals surface area contributed by atoms with E-state index in [1.807, 2.05) is 32.9 Å². The van der Waals surface area contributed by atoms with Crippen molar-refractivity contribution in [1.29, 1.82) is 0 Å². The van der Waals surface area contributed by atoms with Gasteiger partial charge in [0.25, 0.3) is 5.91 Å². The van der Waals surface area contributed by atoms with Gasteiger partial charge in [-0.05, 0) is 31.9 Å². The predicted octanol–water partition coefficient (Wildman–Crippen LogP) is 3.83. The zero-order chi connectivity index (χ0) is 17.0. The molecule has 1 amide bonds. The van der Waals surface area contributed by atoms with Crippen molar-refractivity contribution in [3.8, 4) is 0 Å². The number of nitrogens with one attached hydrogen (secondary N) is 1. The van der Waals surface area contributed by atoms with Gasteiger partial charge in [-0.25, -0.2) is 9.78 Å². The van der Waals surface area contributed by atoms with E-state index in [0.29, 0.717) is 27.9 Å². The molecular weight excluding hydrogens is 312 g/mol. The molecule has 122 valence electrons. The molecule has 2 aromatic rings. The molecule has 0 bridgehead atoms. The Labute approximate surface area is 139 Å². The lowest BCUT2D eigenvalue weighted by Gasteiger charge is -2.05. The predicted molar refractivity (Wildman–Crippen MR) is 91.1 cm³/mol. The van der Waals surface area contributed by atoms with Gasteiger partial charge in [0.15, 0.2) is 5.13 Å². The Balaban J connectivity index is 2.08. The maximum atomic E-state index is 12.2. The lowest BCUT2D eigenvalue weighted by Crippen LogP contribution is -2.11. The summed E-state index contributed by atoms with van der Waals surface area (Å²) in [5, 5.41) is 3.12. The van der Waals surface area contributed by atoms with Crippen molar-refractivity contribution in [2.24, 2.45) is 5.92 Å². The normalized spacial score (nSPS) is 10.7. The highest BCUT2D eigenvalue weighted by atomic mass is 32.1. The number of hydrogen-bond acceptors (Lipinski definition) is 5. The van der Waals surface area contributed by atoms with Crippen molar-refractivity contribution in [2.75, 3.05) is 11.9 Å². The molecule has 0 spiro atoms. The maximum absolute atomic E-state index is 12.2. The fourth-order valence-corrected chi connectivity index (χ4v) is 2.76. The van der Waals surface area contributed by atoms with Crippen LogP contribution < -0.4 is 5.32 Å². The summed E-state index contributed by atoms with van der Waals surface area (Å²) >= 11 is 1.13. The van der Waals surface area contributed by atoms with Gasteiger partial charge in [0.2, 0.25) is 0 Å². The molecule has 1 N–H and O–H groups in total. The number of carbonyl (C=O) groups excluding carboxylic acids is 2. The van der Waals surface area contributed by atoms with Crippen LogP contribution in [-0.4, -0.2) is 23.5 Å². The highest BCUT2D eigenvalue weighted by molar-refractivity contribution is 7.17. The number of hydrogen-bond donors (Lipinski definition) is 1. The zero-order valence-electron chi connectivity index (χ0n) is 13.7. The average Bonchev–Trinajstić information content (AvgIpc) is 2.85. The molecule has 0 aliphatic heterocycles. The van der Waals surface area contributed by atoms with Crippen LogP contribution in [0.25, 0.3) is 0 Å². The summed E-state index contributed by atoms with van der Waals surface area (Å²) in [7, 11) is 0. The third kappa shape index (κ3) is 4.63. The Kier molecular flexibility index (Phi) is 5.50. The topological polar surface area (TPSA) is 68.3 Å². The van der Waals surface area contributed by atoms with Crippen LogP contribution in [0.1, 0.15) is 45.1 Å². The van der Waals surface area contributed by atoms with Gasteiger partial charge in [-0.2, -0.15) is 0 Å². The van der Waals surface area contributed by atoms with Crippen molar-refractivity contribution < 1.29 is 14.3 Å². The van der Waals surface area contributed by atoms with Crippen LogP contribution >= 0.6 is 11.3 Å². The summed E-state index contributed by atoms with van der Waals surface area (Å²) in [6, 6.07) is 7.29. The molecule has 1 aromatic heterocycles. The number of amides is 1. The van der Waals surface area contributed by atoms with Gasteiger partial charge in [-0.3, -0.25) is 10.1 Å². The van der Waals surface area contributed by atoms with E-state index in [-0.39, 0.29) is 11.8 Å². The molecular formula is C17H20N2O3S. The largest absolute Gasteiger partial charge is 0.461 e. The van der Waals surface area contributed by atoms with E-state index in [2.05, 4.69) is 10.3 Å². The second kappa shape index (κ2) is 7.37. The fourth-order valence-electron chi connectivity index (χ4n) is 1.90. The Morgan fingerprint density at radius 2 is 2.04 bits per heavy atom. The van der Waals surface area contributed by atoms with Gasteiger partial charge in [-0.15, -0.1) is 0 Å². The van der Waals surface area contributed by atoms with E-state index >= 15 is 0 Å². The quantitative estimate of drug-likeness (QED) is 0.845. The maximum Gasteiger partial charge on any atom is 0.350 e. The molecule has 23 heavy (non-hydrogen) atoms. The van der Waals surface area contributed by atoms with Crippen LogP contribution in [0.5, 0.6) is 0 Å². The summed E-state index contributed by atoms with van der Waals surface area (Å²) in [6.45, 7) is 7.96. The van der Waals surface area contributed by atoms with Crippen LogP contribution in [0.4, 0.5) is 5.13 Å². The first-order chi connectivity index (χ1) is 10.9. The Hall–Kier alpha value is -2.21. The number of aromatic nitrogens is 1. The number of esters is 1. The number of thiazole rings is 1. The van der Waals surface area contributed by atoms with Crippen LogP contribution in [-0.2, 0) is 4.74 Å². The Morgan fingerprint density at radius 1 is 1.30 bits per heavy atom. The Morgan fingerprint density at radius 3 is 2.70 bits per heavy atom. The number of rotatable bonds is 5. The molecule has 0 fully saturated rings. The summed E-state index contributed by atoms with van der Waals surface area (Å²) in [5.41, 5.74) is 2.12. The molecule has 6 heteroatoms. The number of carbonyl (C=O) groups is 2. The van der Waals surface area contributed by atoms with Crippen LogP contribution in [0.2, 0.25) is 0 Å². The van der Waals surface area contributed by atoms with Gasteiger partial charge in [-0.1, -0.05) is 42.9 Å². The first-order valence-corrected chi connectivity index (χ1v) is 8.21.